The summed E-state index contributed by atoms with van der Waals surface area (Å²) in [5, 5.41) is 19.9. The van der Waals surface area contributed by atoms with E-state index < -0.39 is 24.0 Å². The topological polar surface area (TPSA) is 94.5 Å². The molecule has 1 unspecified atom stereocenters. The Bertz CT molecular complexity index is 1060. The zero-order valence-corrected chi connectivity index (χ0v) is 21.2. The quantitative estimate of drug-likeness (QED) is 0.162. The normalized spacial score (nSPS) is 12.8. The third-order valence-corrected chi connectivity index (χ3v) is 6.18. The van der Waals surface area contributed by atoms with Crippen LogP contribution in [0.2, 0.25) is 0 Å². The number of rotatable bonds is 14. The molecular weight excluding hydrogens is 472 g/mol. The van der Waals surface area contributed by atoms with E-state index in [1.54, 1.807) is 20.3 Å². The highest BCUT2D eigenvalue weighted by atomic mass is 16.7. The molecule has 0 radical (unpaired) electrons. The van der Waals surface area contributed by atoms with E-state index in [-0.39, 0.29) is 6.61 Å². The van der Waals surface area contributed by atoms with Crippen molar-refractivity contribution >= 4 is 6.16 Å². The fourth-order valence-electron chi connectivity index (χ4n) is 4.31. The molecule has 3 aromatic rings. The Hall–Kier alpha value is -3.81. The minimum Gasteiger partial charge on any atom is -0.497 e. The van der Waals surface area contributed by atoms with E-state index in [2.05, 4.69) is 6.58 Å². The Morgan fingerprint density at radius 2 is 1.38 bits per heavy atom. The van der Waals surface area contributed by atoms with Crippen molar-refractivity contribution in [3.05, 3.63) is 108 Å². The van der Waals surface area contributed by atoms with E-state index in [9.17, 15) is 9.90 Å². The van der Waals surface area contributed by atoms with Gasteiger partial charge in [-0.15, -0.1) is 6.58 Å². The predicted molar refractivity (Wildman–Crippen MR) is 141 cm³/mol. The molecule has 3 aromatic carbocycles. The zero-order valence-electron chi connectivity index (χ0n) is 21.2. The number of methoxy groups -OCH3 is 2. The summed E-state index contributed by atoms with van der Waals surface area (Å²) < 4.78 is 22.3. The van der Waals surface area contributed by atoms with Gasteiger partial charge in [0.2, 0.25) is 0 Å². The number of aliphatic hydroxyl groups is 1. The molecule has 0 saturated carbocycles. The van der Waals surface area contributed by atoms with Crippen molar-refractivity contribution in [1.29, 1.82) is 0 Å². The Morgan fingerprint density at radius 3 is 1.84 bits per heavy atom. The molecule has 0 heterocycles. The van der Waals surface area contributed by atoms with Gasteiger partial charge in [-0.3, -0.25) is 0 Å². The van der Waals surface area contributed by atoms with Gasteiger partial charge in [-0.2, -0.15) is 0 Å². The first kappa shape index (κ1) is 27.8. The number of ether oxygens (including phenoxy) is 4. The summed E-state index contributed by atoms with van der Waals surface area (Å²) in [7, 11) is 3.23. The molecule has 37 heavy (non-hydrogen) atoms. The maximum Gasteiger partial charge on any atom is 0.506 e. The molecule has 2 N–H and O–H groups in total. The van der Waals surface area contributed by atoms with Gasteiger partial charge in [0.05, 0.1) is 26.9 Å². The third kappa shape index (κ3) is 7.12. The van der Waals surface area contributed by atoms with Gasteiger partial charge in [0.1, 0.15) is 23.2 Å². The van der Waals surface area contributed by atoms with Crippen LogP contribution in [0.25, 0.3) is 0 Å². The highest BCUT2D eigenvalue weighted by molar-refractivity contribution is 5.57. The molecule has 3 rings (SSSR count). The van der Waals surface area contributed by atoms with Crippen molar-refractivity contribution in [1.82, 2.24) is 0 Å². The highest BCUT2D eigenvalue weighted by Gasteiger charge is 2.38. The maximum absolute atomic E-state index is 11.0. The van der Waals surface area contributed by atoms with E-state index in [4.69, 9.17) is 24.1 Å². The first-order valence-corrected chi connectivity index (χ1v) is 12.1. The first-order valence-electron chi connectivity index (χ1n) is 12.1. The number of hydrogen-bond donors (Lipinski definition) is 2. The fourth-order valence-corrected chi connectivity index (χ4v) is 4.31. The molecule has 0 aliphatic heterocycles. The summed E-state index contributed by atoms with van der Waals surface area (Å²) in [6.07, 6.45) is -0.181. The Labute approximate surface area is 217 Å². The Kier molecular flexibility index (Phi) is 10.1. The van der Waals surface area contributed by atoms with Gasteiger partial charge in [0.15, 0.2) is 0 Å². The largest absolute Gasteiger partial charge is 0.506 e. The van der Waals surface area contributed by atoms with Crippen LogP contribution in [0, 0.1) is 0 Å². The molecule has 0 fully saturated rings. The average Bonchev–Trinajstić information content (AvgIpc) is 2.93. The molecule has 0 bridgehead atoms. The van der Waals surface area contributed by atoms with E-state index in [0.717, 1.165) is 16.7 Å². The van der Waals surface area contributed by atoms with Crippen molar-refractivity contribution in [3.63, 3.8) is 0 Å². The van der Waals surface area contributed by atoms with Crippen LogP contribution in [-0.4, -0.2) is 49.4 Å². The number of carbonyl (C=O) groups is 1. The molecule has 7 heteroatoms. The maximum atomic E-state index is 11.0. The molecule has 2 atom stereocenters. The number of carboxylic acid groups (broad SMARTS) is 1. The van der Waals surface area contributed by atoms with Crippen LogP contribution >= 0.6 is 0 Å². The summed E-state index contributed by atoms with van der Waals surface area (Å²) >= 11 is 0. The fraction of sp³-hybridized carbons (Fsp3) is 0.300. The second kappa shape index (κ2) is 13.5. The Morgan fingerprint density at radius 1 is 0.865 bits per heavy atom. The van der Waals surface area contributed by atoms with E-state index in [0.29, 0.717) is 30.8 Å². The first-order chi connectivity index (χ1) is 17.9. The van der Waals surface area contributed by atoms with Crippen molar-refractivity contribution in [2.24, 2.45) is 0 Å². The van der Waals surface area contributed by atoms with Crippen molar-refractivity contribution in [2.45, 2.75) is 37.1 Å². The molecule has 7 nitrogen and oxygen atoms in total. The molecule has 0 aliphatic rings. The van der Waals surface area contributed by atoms with Crippen LogP contribution in [0.4, 0.5) is 4.79 Å². The Balaban J connectivity index is 1.97. The predicted octanol–water partition coefficient (Wildman–Crippen LogP) is 5.79. The molecule has 0 saturated heterocycles. The van der Waals surface area contributed by atoms with Crippen molar-refractivity contribution < 1.29 is 34.0 Å². The number of benzene rings is 3. The van der Waals surface area contributed by atoms with Crippen LogP contribution < -0.4 is 9.47 Å². The summed E-state index contributed by atoms with van der Waals surface area (Å²) in [6.45, 7) is 3.65. The van der Waals surface area contributed by atoms with E-state index >= 15 is 0 Å². The van der Waals surface area contributed by atoms with Crippen LogP contribution in [0.5, 0.6) is 11.5 Å². The number of hydrogen-bond acceptors (Lipinski definition) is 6. The average molecular weight is 507 g/mol. The molecular formula is C30H34O7. The molecule has 0 amide bonds. The standard InChI is InChI=1S/C30H34O7/c1-4-8-28(37-29(32)33)20-15-25(31)21-36-30(22-9-6-5-7-10-22,23-11-16-26(34-2)17-12-23)24-13-18-27(35-3)19-14-24/h4-7,9-14,16-19,25,28,31H,1,8,15,20-21H2,2-3H3,(H,32,33)/t25-,28?/m0/s1. The van der Waals surface area contributed by atoms with Gasteiger partial charge in [-0.25, -0.2) is 4.79 Å². The van der Waals surface area contributed by atoms with Gasteiger partial charge < -0.3 is 29.2 Å². The van der Waals surface area contributed by atoms with Gasteiger partial charge in [0.25, 0.3) is 0 Å². The monoisotopic (exact) mass is 506 g/mol. The molecule has 0 spiro atoms. The van der Waals surface area contributed by atoms with E-state index in [1.165, 1.54) is 0 Å². The smallest absolute Gasteiger partial charge is 0.497 e. The third-order valence-electron chi connectivity index (χ3n) is 6.18. The van der Waals surface area contributed by atoms with Gasteiger partial charge in [-0.1, -0.05) is 60.7 Å². The molecule has 0 aliphatic carbocycles. The molecule has 196 valence electrons. The van der Waals surface area contributed by atoms with Crippen LogP contribution in [0.3, 0.4) is 0 Å². The van der Waals surface area contributed by atoms with Gasteiger partial charge >= 0.3 is 6.16 Å². The lowest BCUT2D eigenvalue weighted by molar-refractivity contribution is -0.0441. The summed E-state index contributed by atoms with van der Waals surface area (Å²) in [5.41, 5.74) is 1.56. The highest BCUT2D eigenvalue weighted by Crippen LogP contribution is 2.41. The van der Waals surface area contributed by atoms with Gasteiger partial charge in [0, 0.05) is 6.42 Å². The van der Waals surface area contributed by atoms with Crippen LogP contribution in [0.1, 0.15) is 36.0 Å². The van der Waals surface area contributed by atoms with Crippen molar-refractivity contribution in [3.8, 4) is 11.5 Å². The lowest BCUT2D eigenvalue weighted by Gasteiger charge is -2.37. The van der Waals surface area contributed by atoms with Gasteiger partial charge in [-0.05, 0) is 53.8 Å². The SMILES string of the molecule is C=CCC(CC[C@H](O)COC(c1ccccc1)(c1ccc(OC)cc1)c1ccc(OC)cc1)OC(=O)O. The minimum absolute atomic E-state index is 0.000827. The molecule has 0 aromatic heterocycles. The van der Waals surface area contributed by atoms with E-state index in [1.807, 2.05) is 78.9 Å². The number of aliphatic hydroxyl groups excluding tert-OH is 1. The van der Waals surface area contributed by atoms with Crippen LogP contribution in [-0.2, 0) is 15.1 Å². The summed E-state index contributed by atoms with van der Waals surface area (Å²) in [5.74, 6) is 1.43. The minimum atomic E-state index is -1.35. The second-order valence-electron chi connectivity index (χ2n) is 8.58. The van der Waals surface area contributed by atoms with Crippen molar-refractivity contribution in [2.75, 3.05) is 20.8 Å². The zero-order chi connectivity index (χ0) is 26.7. The van der Waals surface area contributed by atoms with Crippen LogP contribution in [0.15, 0.2) is 91.5 Å². The lowest BCUT2D eigenvalue weighted by Crippen LogP contribution is -2.36. The lowest BCUT2D eigenvalue weighted by atomic mass is 9.80. The second-order valence-corrected chi connectivity index (χ2v) is 8.58. The summed E-state index contributed by atoms with van der Waals surface area (Å²) in [4.78, 5) is 11.0. The summed E-state index contributed by atoms with van der Waals surface area (Å²) in [6, 6.07) is 25.1.